The molecular weight excluding hydrogens is 723 g/mol. The van der Waals surface area contributed by atoms with Gasteiger partial charge >= 0.3 is 5.97 Å². The second-order valence-electron chi connectivity index (χ2n) is 21.8. The second kappa shape index (κ2) is 18.2. The van der Waals surface area contributed by atoms with Crippen LogP contribution in [0, 0.1) is 53.3 Å². The molecule has 6 aliphatic carbocycles. The lowest BCUT2D eigenvalue weighted by atomic mass is 9.61. The largest absolute Gasteiger partial charge is 0.454 e. The predicted octanol–water partition coefficient (Wildman–Crippen LogP) is 12.9. The Bertz CT molecular complexity index is 1500. The summed E-state index contributed by atoms with van der Waals surface area (Å²) in [4.78, 5) is 23.1. The van der Waals surface area contributed by atoms with Gasteiger partial charge in [0.05, 0.1) is 5.92 Å². The minimum atomic E-state index is -0.495. The fourth-order valence-electron chi connectivity index (χ4n) is 17.2. The van der Waals surface area contributed by atoms with Crippen LogP contribution < -0.4 is 0 Å². The van der Waals surface area contributed by atoms with Crippen LogP contribution in [0.1, 0.15) is 196 Å². The monoisotopic (exact) mass is 810 g/mol. The van der Waals surface area contributed by atoms with Gasteiger partial charge in [0.1, 0.15) is 5.60 Å². The Kier molecular flexibility index (Phi) is 13.1. The lowest BCUT2D eigenvalue weighted by molar-refractivity contribution is -0.152. The summed E-state index contributed by atoms with van der Waals surface area (Å²) in [6, 6.07) is 1.92. The zero-order valence-electron chi connectivity index (χ0n) is 39.0. The lowest BCUT2D eigenvalue weighted by Gasteiger charge is -2.47. The third kappa shape index (κ3) is 7.43. The van der Waals surface area contributed by atoms with E-state index >= 15 is 0 Å². The smallest absolute Gasteiger partial charge is 0.310 e. The molecule has 9 aliphatic rings. The number of esters is 1. The number of carbonyl (C=O) groups excluding carboxylic acids is 1. The molecular formula is C54H87N3O2. The van der Waals surface area contributed by atoms with Crippen molar-refractivity contribution in [2.75, 3.05) is 26.2 Å². The third-order valence-corrected chi connectivity index (χ3v) is 19.6. The number of hydrogen-bond donors (Lipinski definition) is 0. The van der Waals surface area contributed by atoms with Gasteiger partial charge < -0.3 is 19.4 Å². The van der Waals surface area contributed by atoms with Gasteiger partial charge in [0.15, 0.2) is 0 Å². The van der Waals surface area contributed by atoms with Crippen LogP contribution >= 0.6 is 0 Å². The van der Waals surface area contributed by atoms with Crippen molar-refractivity contribution in [3.05, 3.63) is 34.2 Å². The third-order valence-electron chi connectivity index (χ3n) is 19.6. The normalized spacial score (nSPS) is 39.7. The van der Waals surface area contributed by atoms with Crippen LogP contribution in [-0.4, -0.2) is 70.6 Å². The van der Waals surface area contributed by atoms with E-state index in [9.17, 15) is 4.79 Å². The summed E-state index contributed by atoms with van der Waals surface area (Å²) in [6.45, 7) is 19.2. The molecule has 9 atom stereocenters. The quantitative estimate of drug-likeness (QED) is 0.194. The number of hydrogen-bond acceptors (Lipinski definition) is 5. The molecule has 0 aromatic rings. The molecule has 1 saturated heterocycles. The molecule has 6 saturated carbocycles. The van der Waals surface area contributed by atoms with Crippen molar-refractivity contribution in [3.8, 4) is 0 Å². The van der Waals surface area contributed by atoms with Gasteiger partial charge in [0.25, 0.3) is 0 Å². The van der Waals surface area contributed by atoms with E-state index in [2.05, 4.69) is 62.3 Å². The maximum atomic E-state index is 14.5. The molecule has 0 radical (unpaired) electrons. The molecule has 9 unspecified atom stereocenters. The molecule has 330 valence electrons. The van der Waals surface area contributed by atoms with E-state index in [1.54, 1.807) is 28.1 Å². The number of allylic oxidation sites excluding steroid dienone is 3. The minimum absolute atomic E-state index is 0.0783. The number of rotatable bonds is 11. The zero-order valence-corrected chi connectivity index (χ0v) is 39.0. The van der Waals surface area contributed by atoms with Gasteiger partial charge in [0, 0.05) is 66.3 Å². The Morgan fingerprint density at radius 3 is 1.56 bits per heavy atom. The number of nitrogens with zero attached hydrogens (tertiary/aromatic N) is 3. The molecule has 5 heteroatoms. The van der Waals surface area contributed by atoms with Gasteiger partial charge in [0.2, 0.25) is 0 Å². The van der Waals surface area contributed by atoms with E-state index in [1.807, 2.05) is 0 Å². The minimum Gasteiger partial charge on any atom is -0.454 e. The molecule has 5 nitrogen and oxygen atoms in total. The van der Waals surface area contributed by atoms with Crippen LogP contribution in [0.2, 0.25) is 0 Å². The van der Waals surface area contributed by atoms with Gasteiger partial charge in [-0.15, -0.1) is 0 Å². The first-order chi connectivity index (χ1) is 28.8. The highest BCUT2D eigenvalue weighted by Crippen LogP contribution is 2.60. The summed E-state index contributed by atoms with van der Waals surface area (Å²) in [6.07, 6.45) is 34.9. The standard InChI is InChI=1S/C54H87N3O2/c1-7-55(8-2)41-33-31-40(32-34-41)54(48-30-18-17-25-44(48)53(58)59-54)35-47(49-36(5)56(9-3)51-42(26-19-28-45(49)51)38-21-13-11-14-22-38)50-37(6)57(10-4)52-43(27-20-29-46(50)52)39-23-15-12-16-24-39/h35,38-46,48,51-52H,7-34H2,1-6H3. The van der Waals surface area contributed by atoms with Gasteiger partial charge in [-0.05, 0) is 151 Å². The first-order valence-electron chi connectivity index (χ1n) is 26.5. The molecule has 3 heterocycles. The van der Waals surface area contributed by atoms with Gasteiger partial charge in [-0.1, -0.05) is 104 Å². The molecule has 0 bridgehead atoms. The summed E-state index contributed by atoms with van der Waals surface area (Å²) in [7, 11) is 0. The molecule has 0 amide bonds. The van der Waals surface area contributed by atoms with E-state index in [4.69, 9.17) is 4.74 Å². The summed E-state index contributed by atoms with van der Waals surface area (Å²) in [5, 5.41) is 0. The molecule has 0 aromatic carbocycles. The number of cyclic esters (lactones) is 1. The summed E-state index contributed by atoms with van der Waals surface area (Å²) < 4.78 is 7.31. The van der Waals surface area contributed by atoms with E-state index in [1.165, 1.54) is 141 Å². The zero-order chi connectivity index (χ0) is 40.8. The highest BCUT2D eigenvalue weighted by atomic mass is 16.6. The van der Waals surface area contributed by atoms with Crippen molar-refractivity contribution in [2.24, 2.45) is 53.3 Å². The van der Waals surface area contributed by atoms with Crippen molar-refractivity contribution in [1.82, 2.24) is 14.7 Å². The summed E-state index contributed by atoms with van der Waals surface area (Å²) >= 11 is 0. The molecule has 0 N–H and O–H groups in total. The summed E-state index contributed by atoms with van der Waals surface area (Å²) in [5.74, 6) is 5.52. The summed E-state index contributed by atoms with van der Waals surface area (Å²) in [5.41, 5.74) is 7.73. The molecule has 7 fully saturated rings. The van der Waals surface area contributed by atoms with Crippen molar-refractivity contribution < 1.29 is 9.53 Å². The van der Waals surface area contributed by atoms with E-state index in [0.29, 0.717) is 41.8 Å². The first kappa shape index (κ1) is 42.5. The van der Waals surface area contributed by atoms with E-state index in [0.717, 1.165) is 62.7 Å². The molecule has 59 heavy (non-hydrogen) atoms. The number of ether oxygens (including phenoxy) is 1. The lowest BCUT2D eigenvalue weighted by Crippen LogP contribution is -2.48. The fraction of sp³-hybridized carbons (Fsp3) is 0.870. The highest BCUT2D eigenvalue weighted by molar-refractivity contribution is 5.77. The van der Waals surface area contributed by atoms with Crippen LogP contribution in [0.15, 0.2) is 34.2 Å². The maximum Gasteiger partial charge on any atom is 0.310 e. The van der Waals surface area contributed by atoms with Crippen LogP contribution in [-0.2, 0) is 9.53 Å². The first-order valence-corrected chi connectivity index (χ1v) is 26.5. The highest BCUT2D eigenvalue weighted by Gasteiger charge is 2.60. The van der Waals surface area contributed by atoms with Crippen LogP contribution in [0.5, 0.6) is 0 Å². The predicted molar refractivity (Wildman–Crippen MR) is 244 cm³/mol. The Hall–Kier alpha value is -1.75. The Morgan fingerprint density at radius 1 is 0.593 bits per heavy atom. The van der Waals surface area contributed by atoms with Crippen LogP contribution in [0.25, 0.3) is 0 Å². The Morgan fingerprint density at radius 2 is 1.07 bits per heavy atom. The molecule has 9 rings (SSSR count). The molecule has 0 aromatic heterocycles. The van der Waals surface area contributed by atoms with Gasteiger partial charge in [-0.3, -0.25) is 4.79 Å². The number of carbonyl (C=O) groups is 1. The van der Waals surface area contributed by atoms with Crippen molar-refractivity contribution >= 4 is 5.97 Å². The van der Waals surface area contributed by atoms with Crippen LogP contribution in [0.4, 0.5) is 0 Å². The Balaban J connectivity index is 1.20. The second-order valence-corrected chi connectivity index (χ2v) is 21.8. The topological polar surface area (TPSA) is 36.0 Å². The van der Waals surface area contributed by atoms with Gasteiger partial charge in [-0.2, -0.15) is 0 Å². The van der Waals surface area contributed by atoms with E-state index < -0.39 is 5.60 Å². The molecule has 0 spiro atoms. The fourth-order valence-corrected chi connectivity index (χ4v) is 17.2. The van der Waals surface area contributed by atoms with Gasteiger partial charge in [-0.25, -0.2) is 0 Å². The van der Waals surface area contributed by atoms with E-state index in [-0.39, 0.29) is 11.9 Å². The van der Waals surface area contributed by atoms with Crippen LogP contribution in [0.3, 0.4) is 0 Å². The maximum absolute atomic E-state index is 14.5. The molecule has 3 aliphatic heterocycles. The Labute approximate surface area is 362 Å². The number of fused-ring (bicyclic) bond motifs is 3. The van der Waals surface area contributed by atoms with Crippen molar-refractivity contribution in [2.45, 2.75) is 219 Å². The van der Waals surface area contributed by atoms with Crippen molar-refractivity contribution in [1.29, 1.82) is 0 Å². The average Bonchev–Trinajstić information content (AvgIpc) is 3.86. The average molecular weight is 810 g/mol. The van der Waals surface area contributed by atoms with Crippen molar-refractivity contribution in [3.63, 3.8) is 0 Å². The SMILES string of the molecule is CCN(CC)C1CCC(C2(C=C(C3=C(C)N(CC)C4C3CCCC4C3CCCCC3)C3=C(C)N(CC)C4C3CCCC4C3CCCCC3)OC(=O)C3CCCCC32)CC1.